The molecule has 0 aliphatic heterocycles. The maximum absolute atomic E-state index is 6.60. The van der Waals surface area contributed by atoms with Crippen molar-refractivity contribution in [1.82, 2.24) is 0 Å². The van der Waals surface area contributed by atoms with Crippen LogP contribution < -0.4 is 5.73 Å². The summed E-state index contributed by atoms with van der Waals surface area (Å²) in [6.45, 7) is 4.48. The molecule has 1 aromatic rings. The summed E-state index contributed by atoms with van der Waals surface area (Å²) in [5.41, 5.74) is 9.96. The molecular weight excluding hydrogens is 218 g/mol. The third-order valence-corrected chi connectivity index (χ3v) is 5.20. The molecule has 0 unspecified atom stereocenters. The van der Waals surface area contributed by atoms with Gasteiger partial charge in [-0.15, -0.1) is 0 Å². The minimum Gasteiger partial charge on any atom is -0.321 e. The third-order valence-electron chi connectivity index (χ3n) is 5.20. The third kappa shape index (κ3) is 1.89. The molecule has 1 spiro atoms. The molecule has 2 N–H and O–H groups in total. The van der Waals surface area contributed by atoms with E-state index in [0.717, 1.165) is 0 Å². The number of hydrogen-bond acceptors (Lipinski definition) is 1. The van der Waals surface area contributed by atoms with Crippen LogP contribution in [0.1, 0.15) is 69.4 Å². The molecule has 0 saturated heterocycles. The zero-order chi connectivity index (χ0) is 12.8. The van der Waals surface area contributed by atoms with Crippen LogP contribution in [0.4, 0.5) is 0 Å². The van der Waals surface area contributed by atoms with Gasteiger partial charge in [0.15, 0.2) is 0 Å². The van der Waals surface area contributed by atoms with Crippen molar-refractivity contribution >= 4 is 0 Å². The summed E-state index contributed by atoms with van der Waals surface area (Å²) in [5.74, 6) is 0.607. The lowest BCUT2D eigenvalue weighted by atomic mass is 9.54. The smallest absolute Gasteiger partial charge is 0.0420 e. The van der Waals surface area contributed by atoms with Gasteiger partial charge in [0.1, 0.15) is 0 Å². The lowest BCUT2D eigenvalue weighted by Gasteiger charge is -2.53. The fourth-order valence-corrected chi connectivity index (χ4v) is 4.17. The second-order valence-corrected chi connectivity index (χ2v) is 6.99. The summed E-state index contributed by atoms with van der Waals surface area (Å²) in [6, 6.07) is 9.04. The molecule has 1 nitrogen and oxygen atoms in total. The van der Waals surface area contributed by atoms with Crippen LogP contribution in [0, 0.1) is 5.41 Å². The van der Waals surface area contributed by atoms with Crippen molar-refractivity contribution < 1.29 is 0 Å². The zero-order valence-corrected chi connectivity index (χ0v) is 11.7. The highest BCUT2D eigenvalue weighted by Gasteiger charge is 2.53. The van der Waals surface area contributed by atoms with Gasteiger partial charge in [-0.05, 0) is 48.1 Å². The Kier molecular flexibility index (Phi) is 2.78. The first kappa shape index (κ1) is 12.2. The lowest BCUT2D eigenvalue weighted by Crippen LogP contribution is -2.54. The fraction of sp³-hybridized carbons (Fsp3) is 0.647. The van der Waals surface area contributed by atoms with Gasteiger partial charge in [0.2, 0.25) is 0 Å². The van der Waals surface area contributed by atoms with Gasteiger partial charge in [-0.2, -0.15) is 0 Å². The van der Waals surface area contributed by atoms with Gasteiger partial charge >= 0.3 is 0 Å². The maximum Gasteiger partial charge on any atom is 0.0420 e. The molecule has 2 fully saturated rings. The molecule has 0 atom stereocenters. The van der Waals surface area contributed by atoms with Gasteiger partial charge in [0.05, 0.1) is 0 Å². The van der Waals surface area contributed by atoms with Crippen molar-refractivity contribution in [2.24, 2.45) is 11.1 Å². The van der Waals surface area contributed by atoms with Gasteiger partial charge in [0.25, 0.3) is 0 Å². The van der Waals surface area contributed by atoms with E-state index in [1.54, 1.807) is 0 Å². The summed E-state index contributed by atoms with van der Waals surface area (Å²) >= 11 is 0. The lowest BCUT2D eigenvalue weighted by molar-refractivity contribution is 0.0312. The largest absolute Gasteiger partial charge is 0.321 e. The Morgan fingerprint density at radius 2 is 1.56 bits per heavy atom. The van der Waals surface area contributed by atoms with Crippen molar-refractivity contribution in [3.8, 4) is 0 Å². The van der Waals surface area contributed by atoms with Gasteiger partial charge in [-0.1, -0.05) is 51.0 Å². The van der Waals surface area contributed by atoms with Crippen molar-refractivity contribution in [2.45, 2.75) is 63.8 Å². The van der Waals surface area contributed by atoms with Gasteiger partial charge in [-0.25, -0.2) is 0 Å². The first-order chi connectivity index (χ1) is 8.53. The molecule has 18 heavy (non-hydrogen) atoms. The Labute approximate surface area is 111 Å². The molecule has 0 heterocycles. The van der Waals surface area contributed by atoms with E-state index in [-0.39, 0.29) is 5.54 Å². The molecule has 2 aliphatic carbocycles. The second-order valence-electron chi connectivity index (χ2n) is 6.99. The molecule has 2 saturated carbocycles. The standard InChI is InChI=1S/C17H25N/c1-13(2)14-5-7-15(8-6-14)17(18)11-16(12-17)9-3-4-10-16/h5-8,13H,3-4,9-12,18H2,1-2H3. The highest BCUT2D eigenvalue weighted by Crippen LogP contribution is 2.60. The minimum absolute atomic E-state index is 0.0279. The average molecular weight is 243 g/mol. The van der Waals surface area contributed by atoms with E-state index in [2.05, 4.69) is 38.1 Å². The van der Waals surface area contributed by atoms with Crippen LogP contribution in [0.2, 0.25) is 0 Å². The quantitative estimate of drug-likeness (QED) is 0.822. The van der Waals surface area contributed by atoms with Crippen LogP contribution >= 0.6 is 0 Å². The van der Waals surface area contributed by atoms with Crippen LogP contribution in [0.5, 0.6) is 0 Å². The van der Waals surface area contributed by atoms with E-state index in [9.17, 15) is 0 Å². The van der Waals surface area contributed by atoms with E-state index < -0.39 is 0 Å². The number of rotatable bonds is 2. The minimum atomic E-state index is -0.0279. The van der Waals surface area contributed by atoms with E-state index >= 15 is 0 Å². The topological polar surface area (TPSA) is 26.0 Å². The molecule has 2 aliphatic rings. The summed E-state index contributed by atoms with van der Waals surface area (Å²) in [7, 11) is 0. The summed E-state index contributed by atoms with van der Waals surface area (Å²) < 4.78 is 0. The van der Waals surface area contributed by atoms with Crippen LogP contribution in [0.3, 0.4) is 0 Å². The molecule has 0 bridgehead atoms. The first-order valence-electron chi connectivity index (χ1n) is 7.42. The van der Waals surface area contributed by atoms with E-state index in [0.29, 0.717) is 11.3 Å². The Hall–Kier alpha value is -0.820. The number of nitrogens with two attached hydrogens (primary N) is 1. The molecule has 0 radical (unpaired) electrons. The number of benzene rings is 1. The second kappa shape index (κ2) is 4.09. The molecule has 0 aromatic heterocycles. The molecule has 3 rings (SSSR count). The van der Waals surface area contributed by atoms with Gasteiger partial charge in [-0.3, -0.25) is 0 Å². The SMILES string of the molecule is CC(C)c1ccc(C2(N)CC3(CCCC3)C2)cc1. The normalized spacial score (nSPS) is 24.4. The maximum atomic E-state index is 6.60. The van der Waals surface area contributed by atoms with E-state index in [1.165, 1.54) is 49.7 Å². The Morgan fingerprint density at radius 3 is 2.06 bits per heavy atom. The molecule has 98 valence electrons. The molecular formula is C17H25N. The Bertz CT molecular complexity index is 415. The van der Waals surface area contributed by atoms with Crippen molar-refractivity contribution in [3.05, 3.63) is 35.4 Å². The summed E-state index contributed by atoms with van der Waals surface area (Å²) in [6.07, 6.45) is 8.08. The van der Waals surface area contributed by atoms with Crippen molar-refractivity contribution in [3.63, 3.8) is 0 Å². The summed E-state index contributed by atoms with van der Waals surface area (Å²) in [4.78, 5) is 0. The van der Waals surface area contributed by atoms with Gasteiger partial charge < -0.3 is 5.73 Å². The molecule has 1 aromatic carbocycles. The molecule has 0 amide bonds. The fourth-order valence-electron chi connectivity index (χ4n) is 4.17. The first-order valence-corrected chi connectivity index (χ1v) is 7.42. The predicted molar refractivity (Wildman–Crippen MR) is 76.5 cm³/mol. The van der Waals surface area contributed by atoms with Crippen LogP contribution in [0.25, 0.3) is 0 Å². The predicted octanol–water partition coefficient (Wildman–Crippen LogP) is 4.32. The van der Waals surface area contributed by atoms with Crippen LogP contribution in [-0.4, -0.2) is 0 Å². The molecule has 1 heteroatoms. The monoisotopic (exact) mass is 243 g/mol. The van der Waals surface area contributed by atoms with Gasteiger partial charge in [0, 0.05) is 5.54 Å². The van der Waals surface area contributed by atoms with E-state index in [1.807, 2.05) is 0 Å². The van der Waals surface area contributed by atoms with E-state index in [4.69, 9.17) is 5.73 Å². The summed E-state index contributed by atoms with van der Waals surface area (Å²) in [5, 5.41) is 0. The highest BCUT2D eigenvalue weighted by molar-refractivity contribution is 5.33. The van der Waals surface area contributed by atoms with Crippen molar-refractivity contribution in [2.75, 3.05) is 0 Å². The van der Waals surface area contributed by atoms with Crippen LogP contribution in [-0.2, 0) is 5.54 Å². The average Bonchev–Trinajstić information content (AvgIpc) is 2.77. The Morgan fingerprint density at radius 1 is 1.00 bits per heavy atom. The van der Waals surface area contributed by atoms with Crippen molar-refractivity contribution in [1.29, 1.82) is 0 Å². The Balaban J connectivity index is 1.75. The zero-order valence-electron chi connectivity index (χ0n) is 11.7. The highest BCUT2D eigenvalue weighted by atomic mass is 14.8. The number of hydrogen-bond donors (Lipinski definition) is 1. The van der Waals surface area contributed by atoms with Crippen LogP contribution in [0.15, 0.2) is 24.3 Å².